The number of aromatic nitrogens is 2. The number of rotatable bonds is 11. The Labute approximate surface area is 252 Å². The Bertz CT molecular complexity index is 1740. The average Bonchev–Trinajstić information content (AvgIpc) is 3.84. The third kappa shape index (κ3) is 7.53. The van der Waals surface area contributed by atoms with Crippen LogP contribution in [0.15, 0.2) is 83.9 Å². The number of carbonyl (C=O) groups is 1. The number of nitrogens with zero attached hydrogens (tertiary/aromatic N) is 2. The van der Waals surface area contributed by atoms with Gasteiger partial charge in [0, 0.05) is 39.3 Å². The molecular formula is C31H31F3N6O3S. The van der Waals surface area contributed by atoms with E-state index < -0.39 is 27.4 Å². The normalized spacial score (nSPS) is 15.2. The summed E-state index contributed by atoms with van der Waals surface area (Å²) < 4.78 is 59.9. The van der Waals surface area contributed by atoms with Crippen LogP contribution in [-0.4, -0.2) is 43.1 Å². The van der Waals surface area contributed by atoms with Gasteiger partial charge in [0.05, 0.1) is 28.3 Å². The minimum absolute atomic E-state index is 0.0749. The molecule has 0 aliphatic heterocycles. The second-order valence-corrected chi connectivity index (χ2v) is 13.0. The fraction of sp³-hybridized carbons (Fsp3) is 0.258. The molecule has 1 heterocycles. The molecule has 1 aliphatic rings. The summed E-state index contributed by atoms with van der Waals surface area (Å²) in [6, 6.07) is 18.0. The SMILES string of the molecule is CC(CO)Nc1nc(Nc2ccc(S(=N)(=O)C3CC3)cc2)ncc1-c1ccc(NC(=O)Cc2cccc(C(F)(F)F)c2)cc1. The fourth-order valence-electron chi connectivity index (χ4n) is 4.49. The molecule has 2 atom stereocenters. The summed E-state index contributed by atoms with van der Waals surface area (Å²) in [6.45, 7) is 1.65. The monoisotopic (exact) mass is 624 g/mol. The first-order valence-electron chi connectivity index (χ1n) is 13.9. The number of halogens is 3. The molecule has 1 fully saturated rings. The number of aliphatic hydroxyl groups excluding tert-OH is 1. The lowest BCUT2D eigenvalue weighted by Gasteiger charge is -2.17. The zero-order valence-corrected chi connectivity index (χ0v) is 24.5. The van der Waals surface area contributed by atoms with Gasteiger partial charge in [0.2, 0.25) is 11.9 Å². The smallest absolute Gasteiger partial charge is 0.394 e. The maximum atomic E-state index is 13.0. The van der Waals surface area contributed by atoms with Crippen molar-refractivity contribution in [3.05, 3.63) is 90.1 Å². The first-order valence-corrected chi connectivity index (χ1v) is 15.5. The average molecular weight is 625 g/mol. The number of nitrogens with one attached hydrogen (secondary N) is 4. The maximum Gasteiger partial charge on any atom is 0.416 e. The number of anilines is 4. The van der Waals surface area contributed by atoms with Crippen molar-refractivity contribution >= 4 is 38.8 Å². The van der Waals surface area contributed by atoms with Gasteiger partial charge in [-0.3, -0.25) is 4.79 Å². The molecule has 1 amide bonds. The van der Waals surface area contributed by atoms with Gasteiger partial charge in [-0.1, -0.05) is 30.3 Å². The van der Waals surface area contributed by atoms with E-state index in [9.17, 15) is 27.3 Å². The number of aliphatic hydroxyl groups is 1. The highest BCUT2D eigenvalue weighted by molar-refractivity contribution is 7.93. The van der Waals surface area contributed by atoms with Crippen LogP contribution in [0.5, 0.6) is 0 Å². The van der Waals surface area contributed by atoms with Crippen LogP contribution in [0.3, 0.4) is 0 Å². The molecule has 230 valence electrons. The molecule has 1 saturated carbocycles. The van der Waals surface area contributed by atoms with Crippen molar-refractivity contribution in [2.75, 3.05) is 22.6 Å². The lowest BCUT2D eigenvalue weighted by Crippen LogP contribution is -2.21. The van der Waals surface area contributed by atoms with Gasteiger partial charge in [-0.15, -0.1) is 0 Å². The van der Waals surface area contributed by atoms with Crippen molar-refractivity contribution in [1.29, 1.82) is 4.78 Å². The molecule has 44 heavy (non-hydrogen) atoms. The zero-order chi connectivity index (χ0) is 31.5. The molecule has 0 radical (unpaired) electrons. The van der Waals surface area contributed by atoms with Crippen LogP contribution in [0.2, 0.25) is 0 Å². The quantitative estimate of drug-likeness (QED) is 0.129. The molecule has 0 saturated heterocycles. The van der Waals surface area contributed by atoms with Crippen LogP contribution >= 0.6 is 0 Å². The summed E-state index contributed by atoms with van der Waals surface area (Å²) in [5, 5.41) is 18.5. The Morgan fingerprint density at radius 3 is 2.39 bits per heavy atom. The van der Waals surface area contributed by atoms with Gasteiger partial charge in [-0.2, -0.15) is 18.2 Å². The van der Waals surface area contributed by atoms with E-state index in [4.69, 9.17) is 4.78 Å². The first kappa shape index (κ1) is 31.0. The predicted molar refractivity (Wildman–Crippen MR) is 163 cm³/mol. The largest absolute Gasteiger partial charge is 0.416 e. The van der Waals surface area contributed by atoms with Gasteiger partial charge in [-0.05, 0) is 73.4 Å². The topological polar surface area (TPSA) is 140 Å². The van der Waals surface area contributed by atoms with Crippen molar-refractivity contribution in [2.24, 2.45) is 0 Å². The molecular weight excluding hydrogens is 593 g/mol. The summed E-state index contributed by atoms with van der Waals surface area (Å²) >= 11 is 0. The van der Waals surface area contributed by atoms with Crippen molar-refractivity contribution < 1.29 is 27.3 Å². The summed E-state index contributed by atoms with van der Waals surface area (Å²) in [5.74, 6) is 0.270. The summed E-state index contributed by atoms with van der Waals surface area (Å²) in [4.78, 5) is 22.0. The second-order valence-electron chi connectivity index (χ2n) is 10.6. The number of alkyl halides is 3. The molecule has 2 unspecified atom stereocenters. The third-order valence-corrected chi connectivity index (χ3v) is 9.38. The molecule has 13 heteroatoms. The molecule has 1 aromatic heterocycles. The molecule has 0 spiro atoms. The summed E-state index contributed by atoms with van der Waals surface area (Å²) in [6.07, 6.45) is -1.47. The van der Waals surface area contributed by atoms with E-state index in [0.29, 0.717) is 27.7 Å². The van der Waals surface area contributed by atoms with Crippen molar-refractivity contribution in [3.8, 4) is 11.1 Å². The Morgan fingerprint density at radius 2 is 1.75 bits per heavy atom. The van der Waals surface area contributed by atoms with E-state index >= 15 is 0 Å². The Morgan fingerprint density at radius 1 is 1.07 bits per heavy atom. The highest BCUT2D eigenvalue weighted by Crippen LogP contribution is 2.35. The predicted octanol–water partition coefficient (Wildman–Crippen LogP) is 6.45. The Hall–Kier alpha value is -4.49. The van der Waals surface area contributed by atoms with Gasteiger partial charge in [0.25, 0.3) is 0 Å². The lowest BCUT2D eigenvalue weighted by molar-refractivity contribution is -0.137. The first-order chi connectivity index (χ1) is 20.9. The lowest BCUT2D eigenvalue weighted by atomic mass is 10.1. The van der Waals surface area contributed by atoms with Crippen LogP contribution in [0.4, 0.5) is 36.3 Å². The van der Waals surface area contributed by atoms with Gasteiger partial charge in [0.1, 0.15) is 5.82 Å². The van der Waals surface area contributed by atoms with Crippen LogP contribution in [-0.2, 0) is 27.1 Å². The number of amides is 1. The van der Waals surface area contributed by atoms with E-state index in [1.807, 2.05) is 0 Å². The standard InChI is InChI=1S/C31H31F3N6O3S/c1-19(18-41)37-29-27(17-36-30(40-29)39-24-9-11-25(12-10-24)44(35,43)26-13-14-26)21-5-7-23(8-6-21)38-28(42)16-20-3-2-4-22(15-20)31(32,33)34/h2-12,15,17,19,26,35,41H,13-14,16,18H2,1H3,(H,38,42)(H2,36,37,39,40). The minimum Gasteiger partial charge on any atom is -0.394 e. The van der Waals surface area contributed by atoms with Crippen molar-refractivity contribution in [3.63, 3.8) is 0 Å². The van der Waals surface area contributed by atoms with Crippen LogP contribution in [0.25, 0.3) is 11.1 Å². The maximum absolute atomic E-state index is 13.0. The third-order valence-electron chi connectivity index (χ3n) is 7.00. The van der Waals surface area contributed by atoms with Crippen LogP contribution < -0.4 is 16.0 Å². The molecule has 9 nitrogen and oxygen atoms in total. The van der Waals surface area contributed by atoms with Gasteiger partial charge < -0.3 is 21.1 Å². The van der Waals surface area contributed by atoms with Gasteiger partial charge in [0.15, 0.2) is 0 Å². The minimum atomic E-state index is -4.49. The number of benzene rings is 3. The second kappa shape index (κ2) is 12.6. The summed E-state index contributed by atoms with van der Waals surface area (Å²) in [5.41, 5.74) is 1.90. The zero-order valence-electron chi connectivity index (χ0n) is 23.7. The summed E-state index contributed by atoms with van der Waals surface area (Å²) in [7, 11) is -2.80. The van der Waals surface area contributed by atoms with E-state index in [0.717, 1.165) is 30.5 Å². The van der Waals surface area contributed by atoms with Crippen LogP contribution in [0.1, 0.15) is 30.9 Å². The van der Waals surface area contributed by atoms with Crippen molar-refractivity contribution in [1.82, 2.24) is 9.97 Å². The molecule has 1 aliphatic carbocycles. The van der Waals surface area contributed by atoms with E-state index in [-0.39, 0.29) is 35.8 Å². The number of hydrogen-bond donors (Lipinski definition) is 5. The Balaban J connectivity index is 1.29. The van der Waals surface area contributed by atoms with Gasteiger partial charge in [-0.25, -0.2) is 14.0 Å². The van der Waals surface area contributed by atoms with E-state index in [1.54, 1.807) is 61.7 Å². The molecule has 5 N–H and O–H groups in total. The highest BCUT2D eigenvalue weighted by Gasteiger charge is 2.33. The highest BCUT2D eigenvalue weighted by atomic mass is 32.2. The fourth-order valence-corrected chi connectivity index (χ4v) is 6.21. The molecule has 0 bridgehead atoms. The Kier molecular flexibility index (Phi) is 8.88. The van der Waals surface area contributed by atoms with Gasteiger partial charge >= 0.3 is 6.18 Å². The molecule has 5 rings (SSSR count). The van der Waals surface area contributed by atoms with E-state index in [2.05, 4.69) is 25.9 Å². The number of hydrogen-bond acceptors (Lipinski definition) is 8. The molecule has 3 aromatic carbocycles. The van der Waals surface area contributed by atoms with E-state index in [1.165, 1.54) is 12.1 Å². The van der Waals surface area contributed by atoms with Crippen LogP contribution in [0, 0.1) is 4.78 Å². The molecule has 4 aromatic rings. The van der Waals surface area contributed by atoms with Crippen molar-refractivity contribution in [2.45, 2.75) is 48.5 Å². The number of carbonyl (C=O) groups excluding carboxylic acids is 1.